The summed E-state index contributed by atoms with van der Waals surface area (Å²) < 4.78 is 0. The Hall–Kier alpha value is -1.17. The molecule has 0 aliphatic carbocycles. The zero-order valence-electron chi connectivity index (χ0n) is 7.79. The first-order valence-electron chi connectivity index (χ1n) is 4.39. The Bertz CT molecular complexity index is 325. The predicted molar refractivity (Wildman–Crippen MR) is 59.1 cm³/mol. The highest BCUT2D eigenvalue weighted by molar-refractivity contribution is 7.80. The fourth-order valence-electron chi connectivity index (χ4n) is 1.27. The molecule has 4 N–H and O–H groups in total. The second-order valence-corrected chi connectivity index (χ2v) is 3.62. The lowest BCUT2D eigenvalue weighted by molar-refractivity contribution is 0.362. The maximum absolute atomic E-state index is 4.88. The zero-order valence-corrected chi connectivity index (χ0v) is 8.61. The average molecular weight is 208 g/mol. The number of hydrogen-bond acceptors (Lipinski definition) is 3. The Labute approximate surface area is 88.0 Å². The monoisotopic (exact) mass is 208 g/mol. The summed E-state index contributed by atoms with van der Waals surface area (Å²) in [4.78, 5) is 0. The van der Waals surface area contributed by atoms with E-state index in [0.29, 0.717) is 5.11 Å². The van der Waals surface area contributed by atoms with Gasteiger partial charge in [0.05, 0.1) is 0 Å². The minimum Gasteiger partial charge on any atom is -0.295 e. The van der Waals surface area contributed by atoms with Gasteiger partial charge in [-0.15, -0.1) is 0 Å². The van der Waals surface area contributed by atoms with Gasteiger partial charge >= 0.3 is 0 Å². The van der Waals surface area contributed by atoms with Crippen LogP contribution in [0.15, 0.2) is 24.3 Å². The minimum atomic E-state index is 0.0299. The van der Waals surface area contributed by atoms with Crippen LogP contribution in [0.1, 0.15) is 17.3 Å². The van der Waals surface area contributed by atoms with Gasteiger partial charge in [-0.2, -0.15) is 0 Å². The molecule has 1 fully saturated rings. The first-order valence-corrected chi connectivity index (χ1v) is 4.80. The van der Waals surface area contributed by atoms with Gasteiger partial charge in [0.2, 0.25) is 0 Å². The molecule has 0 spiro atoms. The minimum absolute atomic E-state index is 0.0299. The Balaban J connectivity index is 2.08. The Morgan fingerprint density at radius 2 is 1.64 bits per heavy atom. The Kier molecular flexibility index (Phi) is 2.62. The summed E-state index contributed by atoms with van der Waals surface area (Å²) in [6, 6.07) is 8.28. The largest absolute Gasteiger partial charge is 0.295 e. The SMILES string of the molecule is Cc1ccc(C2NNC(=S)NN2)cc1. The molecular formula is C9H12N4S. The van der Waals surface area contributed by atoms with E-state index in [-0.39, 0.29) is 6.17 Å². The number of benzene rings is 1. The van der Waals surface area contributed by atoms with Gasteiger partial charge in [0, 0.05) is 0 Å². The molecule has 1 aromatic carbocycles. The molecule has 1 heterocycles. The van der Waals surface area contributed by atoms with Crippen LogP contribution >= 0.6 is 12.2 Å². The van der Waals surface area contributed by atoms with Crippen molar-refractivity contribution < 1.29 is 0 Å². The highest BCUT2D eigenvalue weighted by Gasteiger charge is 2.14. The van der Waals surface area contributed by atoms with E-state index in [9.17, 15) is 0 Å². The van der Waals surface area contributed by atoms with E-state index in [1.165, 1.54) is 5.56 Å². The summed E-state index contributed by atoms with van der Waals surface area (Å²) in [7, 11) is 0. The topological polar surface area (TPSA) is 48.1 Å². The van der Waals surface area contributed by atoms with E-state index in [4.69, 9.17) is 12.2 Å². The summed E-state index contributed by atoms with van der Waals surface area (Å²) in [6.45, 7) is 2.07. The van der Waals surface area contributed by atoms with Crippen molar-refractivity contribution in [2.45, 2.75) is 13.1 Å². The van der Waals surface area contributed by atoms with Crippen LogP contribution in [0.3, 0.4) is 0 Å². The third kappa shape index (κ3) is 2.01. The normalized spacial score (nSPS) is 17.4. The highest BCUT2D eigenvalue weighted by atomic mass is 32.1. The first kappa shape index (κ1) is 9.39. The molecule has 0 aromatic heterocycles. The fraction of sp³-hybridized carbons (Fsp3) is 0.222. The molecule has 0 radical (unpaired) electrons. The molecule has 0 saturated carbocycles. The van der Waals surface area contributed by atoms with Crippen LogP contribution in [-0.2, 0) is 0 Å². The number of hydrazine groups is 2. The molecule has 74 valence electrons. The van der Waals surface area contributed by atoms with Gasteiger partial charge in [0.15, 0.2) is 5.11 Å². The lowest BCUT2D eigenvalue weighted by Gasteiger charge is -2.28. The van der Waals surface area contributed by atoms with E-state index in [2.05, 4.69) is 52.9 Å². The number of aryl methyl sites for hydroxylation is 1. The third-order valence-electron chi connectivity index (χ3n) is 2.07. The van der Waals surface area contributed by atoms with Gasteiger partial charge in [0.25, 0.3) is 0 Å². The van der Waals surface area contributed by atoms with Gasteiger partial charge in [-0.1, -0.05) is 29.8 Å². The van der Waals surface area contributed by atoms with E-state index >= 15 is 0 Å². The Morgan fingerprint density at radius 1 is 1.07 bits per heavy atom. The molecule has 5 heteroatoms. The van der Waals surface area contributed by atoms with Crippen molar-refractivity contribution >= 4 is 17.3 Å². The van der Waals surface area contributed by atoms with Gasteiger partial charge in [0.1, 0.15) is 6.17 Å². The molecule has 0 amide bonds. The molecule has 0 atom stereocenters. The quantitative estimate of drug-likeness (QED) is 0.506. The molecule has 0 bridgehead atoms. The van der Waals surface area contributed by atoms with Crippen LogP contribution in [0.25, 0.3) is 0 Å². The van der Waals surface area contributed by atoms with Crippen LogP contribution in [0.4, 0.5) is 0 Å². The summed E-state index contributed by atoms with van der Waals surface area (Å²) in [5.74, 6) is 0. The number of hydrogen-bond donors (Lipinski definition) is 4. The number of rotatable bonds is 1. The third-order valence-corrected chi connectivity index (χ3v) is 2.27. The molecule has 4 nitrogen and oxygen atoms in total. The highest BCUT2D eigenvalue weighted by Crippen LogP contribution is 2.10. The molecule has 2 rings (SSSR count). The molecule has 14 heavy (non-hydrogen) atoms. The van der Waals surface area contributed by atoms with Gasteiger partial charge in [-0.25, -0.2) is 10.9 Å². The van der Waals surface area contributed by atoms with Crippen molar-refractivity contribution in [3.63, 3.8) is 0 Å². The van der Waals surface area contributed by atoms with Crippen LogP contribution in [0.5, 0.6) is 0 Å². The summed E-state index contributed by atoms with van der Waals surface area (Å²) >= 11 is 4.88. The van der Waals surface area contributed by atoms with Crippen molar-refractivity contribution in [2.24, 2.45) is 0 Å². The smallest absolute Gasteiger partial charge is 0.195 e. The van der Waals surface area contributed by atoms with Crippen LogP contribution in [0.2, 0.25) is 0 Å². The van der Waals surface area contributed by atoms with Crippen molar-refractivity contribution in [3.8, 4) is 0 Å². The van der Waals surface area contributed by atoms with Gasteiger partial charge in [-0.3, -0.25) is 10.9 Å². The van der Waals surface area contributed by atoms with Crippen molar-refractivity contribution in [1.29, 1.82) is 0 Å². The predicted octanol–water partition coefficient (Wildman–Crippen LogP) is 0.481. The number of nitrogens with one attached hydrogen (secondary N) is 4. The average Bonchev–Trinajstić information content (AvgIpc) is 2.21. The van der Waals surface area contributed by atoms with Crippen molar-refractivity contribution in [2.75, 3.05) is 0 Å². The molecule has 1 saturated heterocycles. The molecule has 1 aliphatic rings. The van der Waals surface area contributed by atoms with Crippen molar-refractivity contribution in [1.82, 2.24) is 21.7 Å². The van der Waals surface area contributed by atoms with E-state index in [1.54, 1.807) is 0 Å². The van der Waals surface area contributed by atoms with E-state index in [1.807, 2.05) is 0 Å². The summed E-state index contributed by atoms with van der Waals surface area (Å²) in [5, 5.41) is 0.549. The lowest BCUT2D eigenvalue weighted by atomic mass is 10.1. The first-order chi connectivity index (χ1) is 6.75. The summed E-state index contributed by atoms with van der Waals surface area (Å²) in [5.41, 5.74) is 14.2. The fourth-order valence-corrected chi connectivity index (χ4v) is 1.39. The second-order valence-electron chi connectivity index (χ2n) is 3.21. The zero-order chi connectivity index (χ0) is 9.97. The molecule has 0 unspecified atom stereocenters. The van der Waals surface area contributed by atoms with Gasteiger partial charge in [-0.05, 0) is 24.7 Å². The standard InChI is InChI=1S/C9H12N4S/c1-6-2-4-7(5-3-6)8-10-12-9(14)13-11-8/h2-5,8,10-11H,1H3,(H2,12,13,14). The number of thiocarbonyl (C=S) groups is 1. The molecular weight excluding hydrogens is 196 g/mol. The second kappa shape index (κ2) is 3.91. The van der Waals surface area contributed by atoms with Gasteiger partial charge < -0.3 is 0 Å². The summed E-state index contributed by atoms with van der Waals surface area (Å²) in [6.07, 6.45) is 0.0299. The van der Waals surface area contributed by atoms with Crippen molar-refractivity contribution in [3.05, 3.63) is 35.4 Å². The van der Waals surface area contributed by atoms with Crippen LogP contribution in [-0.4, -0.2) is 5.11 Å². The van der Waals surface area contributed by atoms with Crippen LogP contribution in [0, 0.1) is 6.92 Å². The molecule has 1 aromatic rings. The maximum atomic E-state index is 4.88. The maximum Gasteiger partial charge on any atom is 0.195 e. The molecule has 1 aliphatic heterocycles. The Morgan fingerprint density at radius 3 is 2.21 bits per heavy atom. The lowest BCUT2D eigenvalue weighted by Crippen LogP contribution is -2.61. The van der Waals surface area contributed by atoms with Crippen LogP contribution < -0.4 is 21.7 Å². The van der Waals surface area contributed by atoms with E-state index < -0.39 is 0 Å². The van der Waals surface area contributed by atoms with E-state index in [0.717, 1.165) is 5.56 Å².